The first-order valence-corrected chi connectivity index (χ1v) is 10.3. The minimum atomic E-state index is -1.66. The van der Waals surface area contributed by atoms with Crippen LogP contribution in [0.1, 0.15) is 34.1 Å². The van der Waals surface area contributed by atoms with Crippen LogP contribution in [-0.2, 0) is 4.43 Å². The summed E-state index contributed by atoms with van der Waals surface area (Å²) >= 11 is 5.83. The van der Waals surface area contributed by atoms with Crippen LogP contribution in [0.4, 0.5) is 0 Å². The summed E-state index contributed by atoms with van der Waals surface area (Å²) in [5, 5.41) is 0.697. The van der Waals surface area contributed by atoms with Crippen LogP contribution in [0.2, 0.25) is 23.3 Å². The Kier molecular flexibility index (Phi) is 6.04. The van der Waals surface area contributed by atoms with Gasteiger partial charge in [-0.1, -0.05) is 32.4 Å². The third kappa shape index (κ3) is 5.42. The standard InChI is InChI=1S/C15H26ClNO2Si/c1-12(19-13-7-9-17-14(16)11-13)8-10-18-20(5,6)15(2,3)4/h7,9,11-12H,8,10H2,1-6H3/t12-/m0/s1. The molecule has 1 aromatic heterocycles. The summed E-state index contributed by atoms with van der Waals surface area (Å²) in [6.45, 7) is 14.1. The molecule has 1 heterocycles. The fraction of sp³-hybridized carbons (Fsp3) is 0.667. The molecule has 0 spiro atoms. The van der Waals surface area contributed by atoms with Crippen molar-refractivity contribution >= 4 is 19.9 Å². The summed E-state index contributed by atoms with van der Waals surface area (Å²) in [5.74, 6) is 0.754. The van der Waals surface area contributed by atoms with E-state index in [1.165, 1.54) is 0 Å². The average Bonchev–Trinajstić information content (AvgIpc) is 2.26. The van der Waals surface area contributed by atoms with Crippen molar-refractivity contribution in [3.63, 3.8) is 0 Å². The van der Waals surface area contributed by atoms with E-state index in [1.54, 1.807) is 12.3 Å². The van der Waals surface area contributed by atoms with E-state index in [1.807, 2.05) is 13.0 Å². The van der Waals surface area contributed by atoms with Gasteiger partial charge < -0.3 is 9.16 Å². The van der Waals surface area contributed by atoms with Crippen molar-refractivity contribution in [3.05, 3.63) is 23.5 Å². The SMILES string of the molecule is C[C@@H](CCO[Si](C)(C)C(C)(C)C)Oc1ccnc(Cl)c1. The van der Waals surface area contributed by atoms with Gasteiger partial charge in [-0.15, -0.1) is 0 Å². The van der Waals surface area contributed by atoms with Crippen LogP contribution >= 0.6 is 11.6 Å². The first kappa shape index (κ1) is 17.5. The molecule has 0 bridgehead atoms. The van der Waals surface area contributed by atoms with Crippen molar-refractivity contribution < 1.29 is 9.16 Å². The molecule has 0 unspecified atom stereocenters. The van der Waals surface area contributed by atoms with Gasteiger partial charge in [0.05, 0.1) is 6.10 Å². The van der Waals surface area contributed by atoms with Crippen molar-refractivity contribution in [1.29, 1.82) is 0 Å². The zero-order valence-corrected chi connectivity index (χ0v) is 15.1. The lowest BCUT2D eigenvalue weighted by Crippen LogP contribution is -2.41. The molecule has 0 amide bonds. The molecular weight excluding hydrogens is 290 g/mol. The smallest absolute Gasteiger partial charge is 0.191 e. The number of ether oxygens (including phenoxy) is 1. The van der Waals surface area contributed by atoms with E-state index in [0.29, 0.717) is 5.15 Å². The lowest BCUT2D eigenvalue weighted by molar-refractivity contribution is 0.170. The maximum atomic E-state index is 6.15. The van der Waals surface area contributed by atoms with E-state index in [0.717, 1.165) is 18.8 Å². The molecule has 0 aromatic carbocycles. The Morgan fingerprint density at radius 2 is 2.00 bits per heavy atom. The molecule has 0 aliphatic carbocycles. The molecule has 1 aromatic rings. The molecule has 0 N–H and O–H groups in total. The third-order valence-corrected chi connectivity index (χ3v) is 8.57. The average molecular weight is 316 g/mol. The largest absolute Gasteiger partial charge is 0.490 e. The van der Waals surface area contributed by atoms with Crippen molar-refractivity contribution in [2.75, 3.05) is 6.61 Å². The monoisotopic (exact) mass is 315 g/mol. The zero-order valence-electron chi connectivity index (χ0n) is 13.4. The van der Waals surface area contributed by atoms with E-state index < -0.39 is 8.32 Å². The van der Waals surface area contributed by atoms with Crippen LogP contribution in [-0.4, -0.2) is 26.0 Å². The first-order valence-electron chi connectivity index (χ1n) is 7.04. The van der Waals surface area contributed by atoms with E-state index in [4.69, 9.17) is 20.8 Å². The summed E-state index contributed by atoms with van der Waals surface area (Å²) in [6.07, 6.45) is 2.61. The third-order valence-electron chi connectivity index (χ3n) is 3.83. The fourth-order valence-electron chi connectivity index (χ4n) is 1.45. The summed E-state index contributed by atoms with van der Waals surface area (Å²) in [4.78, 5) is 3.93. The fourth-order valence-corrected chi connectivity index (χ4v) is 2.67. The number of rotatable bonds is 6. The molecule has 0 radical (unpaired) electrons. The molecule has 0 aliphatic rings. The Hall–Kier alpha value is -0.583. The molecule has 114 valence electrons. The van der Waals surface area contributed by atoms with Gasteiger partial charge in [0.1, 0.15) is 10.9 Å². The molecular formula is C15H26ClNO2Si. The predicted octanol–water partition coefficient (Wildman–Crippen LogP) is 4.91. The molecule has 5 heteroatoms. The lowest BCUT2D eigenvalue weighted by atomic mass is 10.2. The molecule has 0 saturated heterocycles. The van der Waals surface area contributed by atoms with Crippen molar-refractivity contribution in [2.45, 2.75) is 58.4 Å². The maximum absolute atomic E-state index is 6.15. The highest BCUT2D eigenvalue weighted by Gasteiger charge is 2.36. The number of hydrogen-bond acceptors (Lipinski definition) is 3. The second kappa shape index (κ2) is 6.92. The van der Waals surface area contributed by atoms with Crippen LogP contribution in [0.25, 0.3) is 0 Å². The molecule has 0 aliphatic heterocycles. The minimum absolute atomic E-state index is 0.0956. The van der Waals surface area contributed by atoms with Crippen LogP contribution < -0.4 is 4.74 Å². The Morgan fingerprint density at radius 1 is 1.35 bits per heavy atom. The first-order chi connectivity index (χ1) is 9.12. The van der Waals surface area contributed by atoms with Crippen LogP contribution in [0.5, 0.6) is 5.75 Å². The summed E-state index contributed by atoms with van der Waals surface area (Å²) < 4.78 is 12.0. The van der Waals surface area contributed by atoms with E-state index in [-0.39, 0.29) is 11.1 Å². The lowest BCUT2D eigenvalue weighted by Gasteiger charge is -2.36. The van der Waals surface area contributed by atoms with Gasteiger partial charge in [-0.05, 0) is 31.1 Å². The molecule has 20 heavy (non-hydrogen) atoms. The van der Waals surface area contributed by atoms with Gasteiger partial charge in [-0.2, -0.15) is 0 Å². The van der Waals surface area contributed by atoms with Crippen molar-refractivity contribution in [1.82, 2.24) is 4.98 Å². The highest BCUT2D eigenvalue weighted by Crippen LogP contribution is 2.36. The van der Waals surface area contributed by atoms with Gasteiger partial charge >= 0.3 is 0 Å². The topological polar surface area (TPSA) is 31.4 Å². The number of nitrogens with zero attached hydrogens (tertiary/aromatic N) is 1. The van der Waals surface area contributed by atoms with Crippen molar-refractivity contribution in [2.24, 2.45) is 0 Å². The Balaban J connectivity index is 2.39. The minimum Gasteiger partial charge on any atom is -0.490 e. The Labute approximate surface area is 128 Å². The van der Waals surface area contributed by atoms with Gasteiger partial charge in [-0.25, -0.2) is 4.98 Å². The van der Waals surface area contributed by atoms with Crippen LogP contribution in [0.15, 0.2) is 18.3 Å². The summed E-state index contributed by atoms with van der Waals surface area (Å²) in [6, 6.07) is 3.55. The van der Waals surface area contributed by atoms with Gasteiger partial charge in [0.2, 0.25) is 0 Å². The predicted molar refractivity (Wildman–Crippen MR) is 87.1 cm³/mol. The van der Waals surface area contributed by atoms with Crippen LogP contribution in [0, 0.1) is 0 Å². The van der Waals surface area contributed by atoms with Gasteiger partial charge in [0.15, 0.2) is 8.32 Å². The van der Waals surface area contributed by atoms with Crippen LogP contribution in [0.3, 0.4) is 0 Å². The molecule has 3 nitrogen and oxygen atoms in total. The molecule has 1 rings (SSSR count). The van der Waals surface area contributed by atoms with Gasteiger partial charge in [0, 0.05) is 25.3 Å². The molecule has 0 fully saturated rings. The number of aromatic nitrogens is 1. The van der Waals surface area contributed by atoms with Crippen molar-refractivity contribution in [3.8, 4) is 5.75 Å². The van der Waals surface area contributed by atoms with E-state index in [2.05, 4.69) is 38.8 Å². The second-order valence-electron chi connectivity index (χ2n) is 6.64. The maximum Gasteiger partial charge on any atom is 0.191 e. The highest BCUT2D eigenvalue weighted by atomic mass is 35.5. The quantitative estimate of drug-likeness (QED) is 0.552. The molecule has 1 atom stereocenters. The van der Waals surface area contributed by atoms with Gasteiger partial charge in [-0.3, -0.25) is 0 Å². The van der Waals surface area contributed by atoms with E-state index >= 15 is 0 Å². The zero-order chi connectivity index (χ0) is 15.4. The Bertz CT molecular complexity index is 432. The number of pyridine rings is 1. The van der Waals surface area contributed by atoms with E-state index in [9.17, 15) is 0 Å². The highest BCUT2D eigenvalue weighted by molar-refractivity contribution is 6.74. The normalized spacial score (nSPS) is 14.2. The summed E-state index contributed by atoms with van der Waals surface area (Å²) in [5.41, 5.74) is 0. The molecule has 0 saturated carbocycles. The number of halogens is 1. The number of hydrogen-bond donors (Lipinski definition) is 0. The second-order valence-corrected chi connectivity index (χ2v) is 11.8. The van der Waals surface area contributed by atoms with Gasteiger partial charge in [0.25, 0.3) is 0 Å². The Morgan fingerprint density at radius 3 is 2.55 bits per heavy atom. The summed E-state index contributed by atoms with van der Waals surface area (Å²) in [7, 11) is -1.66.